The summed E-state index contributed by atoms with van der Waals surface area (Å²) in [7, 11) is -2.77. The van der Waals surface area contributed by atoms with E-state index in [0.717, 1.165) is 15.4 Å². The van der Waals surface area contributed by atoms with Crippen LogP contribution in [0.2, 0.25) is 10.0 Å². The number of carbonyl (C=O) groups excluding carboxylic acids is 2. The van der Waals surface area contributed by atoms with Gasteiger partial charge in [-0.25, -0.2) is 8.42 Å². The van der Waals surface area contributed by atoms with Gasteiger partial charge in [-0.1, -0.05) is 72.6 Å². The van der Waals surface area contributed by atoms with Crippen LogP contribution in [0.5, 0.6) is 5.75 Å². The second-order valence-electron chi connectivity index (χ2n) is 10.8. The largest absolute Gasteiger partial charge is 0.497 e. The van der Waals surface area contributed by atoms with E-state index in [4.69, 9.17) is 27.9 Å². The van der Waals surface area contributed by atoms with Gasteiger partial charge in [-0.3, -0.25) is 13.9 Å². The molecular weight excluding hydrogens is 645 g/mol. The first-order valence-electron chi connectivity index (χ1n) is 14.8. The normalized spacial score (nSPS) is 12.5. The number of methoxy groups -OCH3 is 1. The Kier molecular flexibility index (Phi) is 12.1. The molecular formula is C35H37Cl2N3O5S. The SMILES string of the molecule is CC[C@@H](C)NC(=O)[C@H](Cc1ccccc1)N(Cc1ccc(Cl)cc1)C(=O)CN(c1ccc(Cl)cc1)S(=O)(=O)c1ccc(OC)cc1. The summed E-state index contributed by atoms with van der Waals surface area (Å²) in [6.07, 6.45) is 0.911. The minimum absolute atomic E-state index is 0.0318. The number of nitrogens with zero attached hydrogens (tertiary/aromatic N) is 2. The third kappa shape index (κ3) is 9.02. The van der Waals surface area contributed by atoms with Gasteiger partial charge in [0.15, 0.2) is 0 Å². The summed E-state index contributed by atoms with van der Waals surface area (Å²) in [5, 5.41) is 3.96. The van der Waals surface area contributed by atoms with E-state index in [0.29, 0.717) is 22.2 Å². The number of hydrogen-bond acceptors (Lipinski definition) is 5. The summed E-state index contributed by atoms with van der Waals surface area (Å²) in [5.41, 5.74) is 1.81. The van der Waals surface area contributed by atoms with Gasteiger partial charge in [0.05, 0.1) is 17.7 Å². The van der Waals surface area contributed by atoms with E-state index >= 15 is 0 Å². The quantitative estimate of drug-likeness (QED) is 0.159. The summed E-state index contributed by atoms with van der Waals surface area (Å²) in [4.78, 5) is 29.8. The zero-order chi connectivity index (χ0) is 33.3. The molecule has 0 radical (unpaired) electrons. The van der Waals surface area contributed by atoms with Crippen LogP contribution in [0.4, 0.5) is 5.69 Å². The lowest BCUT2D eigenvalue weighted by Gasteiger charge is -2.34. The molecule has 0 saturated carbocycles. The lowest BCUT2D eigenvalue weighted by Crippen LogP contribution is -2.54. The van der Waals surface area contributed by atoms with E-state index in [9.17, 15) is 18.0 Å². The average Bonchev–Trinajstić information content (AvgIpc) is 3.06. The number of benzene rings is 4. The first-order chi connectivity index (χ1) is 22.0. The Hall–Kier alpha value is -4.05. The number of anilines is 1. The molecule has 0 aliphatic carbocycles. The fraction of sp³-hybridized carbons (Fsp3) is 0.257. The number of ether oxygens (including phenoxy) is 1. The third-order valence-electron chi connectivity index (χ3n) is 7.58. The van der Waals surface area contributed by atoms with E-state index in [1.807, 2.05) is 44.2 Å². The molecule has 0 saturated heterocycles. The lowest BCUT2D eigenvalue weighted by molar-refractivity contribution is -0.140. The van der Waals surface area contributed by atoms with Crippen molar-refractivity contribution in [2.45, 2.75) is 50.2 Å². The Balaban J connectivity index is 1.80. The Labute approximate surface area is 280 Å². The first-order valence-corrected chi connectivity index (χ1v) is 17.0. The number of halogens is 2. The van der Waals surface area contributed by atoms with Gasteiger partial charge in [-0.2, -0.15) is 0 Å². The third-order valence-corrected chi connectivity index (χ3v) is 9.87. The van der Waals surface area contributed by atoms with Crippen LogP contribution in [0, 0.1) is 0 Å². The van der Waals surface area contributed by atoms with Gasteiger partial charge >= 0.3 is 0 Å². The fourth-order valence-corrected chi connectivity index (χ4v) is 6.46. The van der Waals surface area contributed by atoms with Crippen LogP contribution in [0.1, 0.15) is 31.4 Å². The molecule has 2 atom stereocenters. The molecule has 0 fully saturated rings. The van der Waals surface area contributed by atoms with Gasteiger partial charge in [0.2, 0.25) is 11.8 Å². The molecule has 4 aromatic rings. The maximum Gasteiger partial charge on any atom is 0.264 e. The van der Waals surface area contributed by atoms with Crippen LogP contribution in [0.3, 0.4) is 0 Å². The van der Waals surface area contributed by atoms with Crippen LogP contribution in [-0.2, 0) is 32.6 Å². The van der Waals surface area contributed by atoms with Crippen molar-refractivity contribution >= 4 is 50.7 Å². The van der Waals surface area contributed by atoms with Crippen molar-refractivity contribution in [3.8, 4) is 5.75 Å². The molecule has 2 amide bonds. The van der Waals surface area contributed by atoms with E-state index in [1.165, 1.54) is 48.4 Å². The van der Waals surface area contributed by atoms with Gasteiger partial charge in [0.1, 0.15) is 18.3 Å². The van der Waals surface area contributed by atoms with Crippen LogP contribution >= 0.6 is 23.2 Å². The maximum atomic E-state index is 14.5. The van der Waals surface area contributed by atoms with E-state index in [2.05, 4.69) is 5.32 Å². The molecule has 0 unspecified atom stereocenters. The van der Waals surface area contributed by atoms with Crippen LogP contribution in [0.25, 0.3) is 0 Å². The second kappa shape index (κ2) is 16.0. The Morgan fingerprint density at radius 1 is 0.826 bits per heavy atom. The number of hydrogen-bond donors (Lipinski definition) is 1. The minimum Gasteiger partial charge on any atom is -0.497 e. The van der Waals surface area contributed by atoms with Crippen molar-refractivity contribution in [2.24, 2.45) is 0 Å². The first kappa shape index (κ1) is 34.8. The lowest BCUT2D eigenvalue weighted by atomic mass is 10.0. The predicted molar refractivity (Wildman–Crippen MR) is 183 cm³/mol. The molecule has 11 heteroatoms. The minimum atomic E-state index is -4.26. The molecule has 0 aliphatic heterocycles. The number of nitrogens with one attached hydrogen (secondary N) is 1. The Morgan fingerprint density at radius 3 is 1.98 bits per heavy atom. The highest BCUT2D eigenvalue weighted by molar-refractivity contribution is 7.92. The highest BCUT2D eigenvalue weighted by atomic mass is 35.5. The van der Waals surface area contributed by atoms with Gasteiger partial charge in [-0.15, -0.1) is 0 Å². The molecule has 0 spiro atoms. The smallest absolute Gasteiger partial charge is 0.264 e. The molecule has 0 heterocycles. The summed E-state index contributed by atoms with van der Waals surface area (Å²) < 4.78 is 34.5. The van der Waals surface area contributed by atoms with E-state index < -0.39 is 28.5 Å². The average molecular weight is 683 g/mol. The number of rotatable bonds is 14. The van der Waals surface area contributed by atoms with Crippen molar-refractivity contribution < 1.29 is 22.7 Å². The van der Waals surface area contributed by atoms with Crippen LogP contribution < -0.4 is 14.4 Å². The van der Waals surface area contributed by atoms with E-state index in [-0.39, 0.29) is 35.5 Å². The van der Waals surface area contributed by atoms with Crippen molar-refractivity contribution in [1.29, 1.82) is 0 Å². The Bertz CT molecular complexity index is 1700. The summed E-state index contributed by atoms with van der Waals surface area (Å²) in [5.74, 6) is -0.419. The van der Waals surface area contributed by atoms with Crippen molar-refractivity contribution in [3.05, 3.63) is 124 Å². The number of amides is 2. The molecule has 0 aromatic heterocycles. The molecule has 242 valence electrons. The summed E-state index contributed by atoms with van der Waals surface area (Å²) in [6, 6.07) is 27.4. The summed E-state index contributed by atoms with van der Waals surface area (Å²) in [6.45, 7) is 3.32. The van der Waals surface area contributed by atoms with E-state index in [1.54, 1.807) is 36.4 Å². The van der Waals surface area contributed by atoms with Crippen molar-refractivity contribution in [1.82, 2.24) is 10.2 Å². The van der Waals surface area contributed by atoms with Crippen molar-refractivity contribution in [3.63, 3.8) is 0 Å². The van der Waals surface area contributed by atoms with Gasteiger partial charge in [0.25, 0.3) is 10.0 Å². The molecule has 0 bridgehead atoms. The molecule has 4 aromatic carbocycles. The standard InChI is InChI=1S/C35H37Cl2N3O5S/c1-4-25(2)38-35(42)33(22-26-8-6-5-7-9-26)39(23-27-10-12-28(36)13-11-27)34(41)24-40(30-16-14-29(37)15-17-30)46(43,44)32-20-18-31(45-3)19-21-32/h5-21,25,33H,4,22-24H2,1-3H3,(H,38,42)/t25-,33+/m1/s1. The topological polar surface area (TPSA) is 96.0 Å². The fourth-order valence-electron chi connectivity index (χ4n) is 4.79. The van der Waals surface area contributed by atoms with Crippen molar-refractivity contribution in [2.75, 3.05) is 18.0 Å². The highest BCUT2D eigenvalue weighted by Crippen LogP contribution is 2.27. The molecule has 46 heavy (non-hydrogen) atoms. The van der Waals surface area contributed by atoms with Crippen LogP contribution in [0.15, 0.2) is 108 Å². The van der Waals surface area contributed by atoms with Gasteiger partial charge in [-0.05, 0) is 85.1 Å². The van der Waals surface area contributed by atoms with Gasteiger partial charge < -0.3 is 15.0 Å². The molecule has 0 aliphatic rings. The number of sulfonamides is 1. The number of carbonyl (C=O) groups is 2. The summed E-state index contributed by atoms with van der Waals surface area (Å²) >= 11 is 12.3. The maximum absolute atomic E-state index is 14.5. The molecule has 4 rings (SSSR count). The Morgan fingerprint density at radius 2 is 1.41 bits per heavy atom. The zero-order valence-corrected chi connectivity index (χ0v) is 28.2. The van der Waals surface area contributed by atoms with Gasteiger partial charge in [0, 0.05) is 29.1 Å². The monoisotopic (exact) mass is 681 g/mol. The predicted octanol–water partition coefficient (Wildman–Crippen LogP) is 6.75. The van der Waals surface area contributed by atoms with Crippen LogP contribution in [-0.4, -0.2) is 50.9 Å². The molecule has 8 nitrogen and oxygen atoms in total. The highest BCUT2D eigenvalue weighted by Gasteiger charge is 2.35. The molecule has 1 N–H and O–H groups in total. The second-order valence-corrected chi connectivity index (χ2v) is 13.6. The zero-order valence-electron chi connectivity index (χ0n) is 25.9.